The molecule has 1 unspecified atom stereocenters. The number of carbonyl (C=O) groups is 1. The lowest BCUT2D eigenvalue weighted by Gasteiger charge is -2.30. The summed E-state index contributed by atoms with van der Waals surface area (Å²) in [7, 11) is 0. The average Bonchev–Trinajstić information content (AvgIpc) is 3.20. The highest BCUT2D eigenvalue weighted by Crippen LogP contribution is 2.32. The van der Waals surface area contributed by atoms with Crippen molar-refractivity contribution in [1.29, 1.82) is 0 Å². The Hall–Kier alpha value is -3.80. The predicted octanol–water partition coefficient (Wildman–Crippen LogP) is 3.71. The maximum Gasteiger partial charge on any atom is 0.272 e. The lowest BCUT2D eigenvalue weighted by atomic mass is 10.2. The van der Waals surface area contributed by atoms with E-state index in [0.717, 1.165) is 17.0 Å². The van der Waals surface area contributed by atoms with Crippen LogP contribution in [0, 0.1) is 0 Å². The fourth-order valence-corrected chi connectivity index (χ4v) is 3.48. The molecule has 1 aliphatic heterocycles. The van der Waals surface area contributed by atoms with Gasteiger partial charge in [0.2, 0.25) is 6.10 Å². The summed E-state index contributed by atoms with van der Waals surface area (Å²) < 4.78 is 13.7. The van der Waals surface area contributed by atoms with Gasteiger partial charge in [0.15, 0.2) is 11.5 Å². The van der Waals surface area contributed by atoms with Crippen LogP contribution in [-0.2, 0) is 11.3 Å². The van der Waals surface area contributed by atoms with E-state index < -0.39 is 6.10 Å². The number of aromatic nitrogens is 2. The molecular formula is C23H19N3O3. The van der Waals surface area contributed by atoms with Gasteiger partial charge in [-0.2, -0.15) is 0 Å². The van der Waals surface area contributed by atoms with Crippen LogP contribution in [0.1, 0.15) is 5.69 Å². The van der Waals surface area contributed by atoms with Gasteiger partial charge in [0.25, 0.3) is 5.91 Å². The van der Waals surface area contributed by atoms with Gasteiger partial charge in [-0.3, -0.25) is 4.79 Å². The molecule has 5 rings (SSSR count). The first-order valence-electron chi connectivity index (χ1n) is 9.45. The van der Waals surface area contributed by atoms with E-state index in [1.165, 1.54) is 0 Å². The Balaban J connectivity index is 1.47. The highest BCUT2D eigenvalue weighted by Gasteiger charge is 2.32. The third kappa shape index (κ3) is 3.29. The van der Waals surface area contributed by atoms with Crippen LogP contribution in [0.15, 0.2) is 85.2 Å². The van der Waals surface area contributed by atoms with Crippen LogP contribution >= 0.6 is 0 Å². The summed E-state index contributed by atoms with van der Waals surface area (Å²) in [6.07, 6.45) is 3.03. The summed E-state index contributed by atoms with van der Waals surface area (Å²) in [4.78, 5) is 19.6. The lowest BCUT2D eigenvalue weighted by Crippen LogP contribution is -2.46. The molecule has 0 radical (unpaired) electrons. The highest BCUT2D eigenvalue weighted by atomic mass is 16.6. The topological polar surface area (TPSA) is 56.1 Å². The maximum absolute atomic E-state index is 13.5. The van der Waals surface area contributed by atoms with Crippen molar-refractivity contribution in [3.8, 4) is 11.5 Å². The molecule has 0 fully saturated rings. The smallest absolute Gasteiger partial charge is 0.272 e. The zero-order valence-electron chi connectivity index (χ0n) is 15.6. The molecule has 3 heterocycles. The maximum atomic E-state index is 13.5. The highest BCUT2D eigenvalue weighted by molar-refractivity contribution is 5.97. The normalized spacial score (nSPS) is 15.2. The monoisotopic (exact) mass is 385 g/mol. The van der Waals surface area contributed by atoms with E-state index in [4.69, 9.17) is 9.47 Å². The van der Waals surface area contributed by atoms with Crippen LogP contribution in [0.4, 0.5) is 5.69 Å². The first kappa shape index (κ1) is 17.3. The van der Waals surface area contributed by atoms with E-state index in [-0.39, 0.29) is 12.5 Å². The number of para-hydroxylation sites is 3. The minimum absolute atomic E-state index is 0.156. The molecule has 144 valence electrons. The molecule has 1 aliphatic rings. The van der Waals surface area contributed by atoms with Gasteiger partial charge in [0.05, 0.1) is 18.4 Å². The number of amides is 1. The largest absolute Gasteiger partial charge is 0.485 e. The van der Waals surface area contributed by atoms with Crippen molar-refractivity contribution in [2.45, 2.75) is 12.6 Å². The quantitative estimate of drug-likeness (QED) is 0.537. The van der Waals surface area contributed by atoms with Gasteiger partial charge in [-0.05, 0) is 36.4 Å². The Bertz CT molecular complexity index is 1160. The van der Waals surface area contributed by atoms with Crippen molar-refractivity contribution in [3.63, 3.8) is 0 Å². The SMILES string of the molecule is O=C(C1COc2ccccc2O1)N(Cc1cnc2ccccn12)c1ccccc1. The molecule has 1 atom stereocenters. The van der Waals surface area contributed by atoms with Crippen molar-refractivity contribution in [2.75, 3.05) is 11.5 Å². The second kappa shape index (κ2) is 7.31. The van der Waals surface area contributed by atoms with Gasteiger partial charge in [0.1, 0.15) is 12.3 Å². The number of hydrogen-bond acceptors (Lipinski definition) is 4. The number of anilines is 1. The van der Waals surface area contributed by atoms with Gasteiger partial charge >= 0.3 is 0 Å². The first-order valence-corrected chi connectivity index (χ1v) is 9.45. The van der Waals surface area contributed by atoms with Crippen LogP contribution in [0.3, 0.4) is 0 Å². The van der Waals surface area contributed by atoms with Gasteiger partial charge < -0.3 is 18.8 Å². The van der Waals surface area contributed by atoms with Crippen LogP contribution in [-0.4, -0.2) is 28.0 Å². The Morgan fingerprint density at radius 1 is 1.00 bits per heavy atom. The molecule has 1 amide bonds. The van der Waals surface area contributed by atoms with Crippen molar-refractivity contribution < 1.29 is 14.3 Å². The van der Waals surface area contributed by atoms with E-state index in [1.807, 2.05) is 83.4 Å². The van der Waals surface area contributed by atoms with Gasteiger partial charge in [-0.1, -0.05) is 36.4 Å². The predicted molar refractivity (Wildman–Crippen MR) is 109 cm³/mol. The summed E-state index contributed by atoms with van der Waals surface area (Å²) in [6, 6.07) is 22.8. The van der Waals surface area contributed by atoms with Crippen LogP contribution < -0.4 is 14.4 Å². The third-order valence-electron chi connectivity index (χ3n) is 4.93. The number of hydrogen-bond donors (Lipinski definition) is 0. The Labute approximate surface area is 167 Å². The minimum Gasteiger partial charge on any atom is -0.485 e. The number of pyridine rings is 1. The van der Waals surface area contributed by atoms with Gasteiger partial charge in [-0.25, -0.2) is 4.98 Å². The summed E-state index contributed by atoms with van der Waals surface area (Å²) >= 11 is 0. The molecule has 6 nitrogen and oxygen atoms in total. The molecule has 4 aromatic rings. The number of benzene rings is 2. The lowest BCUT2D eigenvalue weighted by molar-refractivity contribution is -0.127. The molecule has 0 N–H and O–H groups in total. The number of fused-ring (bicyclic) bond motifs is 2. The molecule has 2 aromatic carbocycles. The van der Waals surface area contributed by atoms with Gasteiger partial charge in [0, 0.05) is 11.9 Å². The summed E-state index contributed by atoms with van der Waals surface area (Å²) in [5, 5.41) is 0. The van der Waals surface area contributed by atoms with Crippen LogP contribution in [0.2, 0.25) is 0 Å². The second-order valence-electron chi connectivity index (χ2n) is 6.80. The number of rotatable bonds is 4. The van der Waals surface area contributed by atoms with Crippen molar-refractivity contribution in [1.82, 2.24) is 9.38 Å². The second-order valence-corrected chi connectivity index (χ2v) is 6.80. The molecule has 0 saturated carbocycles. The summed E-state index contributed by atoms with van der Waals surface area (Å²) in [5.74, 6) is 1.08. The molecular weight excluding hydrogens is 366 g/mol. The Kier molecular flexibility index (Phi) is 4.37. The Morgan fingerprint density at radius 2 is 1.76 bits per heavy atom. The molecule has 2 aromatic heterocycles. The Morgan fingerprint density at radius 3 is 2.62 bits per heavy atom. The fraction of sp³-hybridized carbons (Fsp3) is 0.130. The number of nitrogens with zero attached hydrogens (tertiary/aromatic N) is 3. The first-order chi connectivity index (χ1) is 14.3. The van der Waals surface area contributed by atoms with E-state index in [2.05, 4.69) is 4.98 Å². The van der Waals surface area contributed by atoms with E-state index in [1.54, 1.807) is 11.1 Å². The van der Waals surface area contributed by atoms with E-state index >= 15 is 0 Å². The van der Waals surface area contributed by atoms with E-state index in [9.17, 15) is 4.79 Å². The van der Waals surface area contributed by atoms with Gasteiger partial charge in [-0.15, -0.1) is 0 Å². The van der Waals surface area contributed by atoms with Crippen molar-refractivity contribution >= 4 is 17.2 Å². The molecule has 0 spiro atoms. The third-order valence-corrected chi connectivity index (χ3v) is 4.93. The van der Waals surface area contributed by atoms with Crippen LogP contribution in [0.25, 0.3) is 5.65 Å². The van der Waals surface area contributed by atoms with Crippen LogP contribution in [0.5, 0.6) is 11.5 Å². The number of imidazole rings is 1. The molecule has 0 aliphatic carbocycles. The zero-order valence-corrected chi connectivity index (χ0v) is 15.6. The zero-order chi connectivity index (χ0) is 19.6. The van der Waals surface area contributed by atoms with Crippen molar-refractivity contribution in [3.05, 3.63) is 90.9 Å². The summed E-state index contributed by atoms with van der Waals surface area (Å²) in [6.45, 7) is 0.544. The standard InChI is InChI=1S/C23H19N3O3/c27-23(21-16-28-19-10-4-5-11-20(19)29-21)26(17-8-2-1-3-9-17)15-18-14-24-22-12-6-7-13-25(18)22/h1-14,21H,15-16H2. The minimum atomic E-state index is -0.718. The molecule has 0 saturated heterocycles. The molecule has 29 heavy (non-hydrogen) atoms. The average molecular weight is 385 g/mol. The van der Waals surface area contributed by atoms with Crippen molar-refractivity contribution in [2.24, 2.45) is 0 Å². The van der Waals surface area contributed by atoms with E-state index in [0.29, 0.717) is 18.0 Å². The fourth-order valence-electron chi connectivity index (χ4n) is 3.48. The number of carbonyl (C=O) groups excluding carboxylic acids is 1. The summed E-state index contributed by atoms with van der Waals surface area (Å²) in [5.41, 5.74) is 2.55. The molecule has 0 bridgehead atoms. The molecule has 6 heteroatoms. The number of ether oxygens (including phenoxy) is 2.